The molecule has 0 saturated heterocycles. The molecule has 0 radical (unpaired) electrons. The minimum Gasteiger partial charge on any atom is -0.466 e. The second kappa shape index (κ2) is 9.09. The van der Waals surface area contributed by atoms with Crippen LogP contribution in [0, 0.1) is 0 Å². The first-order chi connectivity index (χ1) is 14.0. The van der Waals surface area contributed by atoms with E-state index in [-0.39, 0.29) is 12.0 Å². The van der Waals surface area contributed by atoms with Crippen LogP contribution < -0.4 is 15.1 Å². The number of nitrogens with zero attached hydrogens (tertiary/aromatic N) is 2. The molecular formula is C23H27N3O2S. The molecule has 1 aliphatic heterocycles. The van der Waals surface area contributed by atoms with Crippen LogP contribution in [-0.4, -0.2) is 31.3 Å². The first kappa shape index (κ1) is 20.9. The Morgan fingerprint density at radius 3 is 2.28 bits per heavy atom. The maximum Gasteiger partial charge on any atom is 0.337 e. The molecule has 5 nitrogen and oxygen atoms in total. The summed E-state index contributed by atoms with van der Waals surface area (Å²) in [5.41, 5.74) is 4.35. The molecule has 0 fully saturated rings. The summed E-state index contributed by atoms with van der Waals surface area (Å²) in [6.07, 6.45) is 0. The molecule has 29 heavy (non-hydrogen) atoms. The van der Waals surface area contributed by atoms with Crippen molar-refractivity contribution in [3.8, 4) is 0 Å². The van der Waals surface area contributed by atoms with Crippen LogP contribution in [0.3, 0.4) is 0 Å². The van der Waals surface area contributed by atoms with Gasteiger partial charge in [0.15, 0.2) is 5.11 Å². The number of hydrogen-bond donors (Lipinski definition) is 1. The van der Waals surface area contributed by atoms with E-state index in [0.29, 0.717) is 10.7 Å². The zero-order chi connectivity index (χ0) is 21.0. The van der Waals surface area contributed by atoms with Crippen molar-refractivity contribution in [3.63, 3.8) is 0 Å². The van der Waals surface area contributed by atoms with E-state index >= 15 is 0 Å². The average Bonchev–Trinajstić information content (AvgIpc) is 2.75. The summed E-state index contributed by atoms with van der Waals surface area (Å²) >= 11 is 5.66. The fraction of sp³-hybridized carbons (Fsp3) is 0.304. The van der Waals surface area contributed by atoms with Crippen molar-refractivity contribution in [2.45, 2.75) is 26.8 Å². The standard InChI is InChI=1S/C23H27N3O2S/c1-5-25(6-2)18-14-12-17(13-15-18)21-20(22(27)28-4)16(3)26(23(29)24-21)19-10-8-7-9-11-19/h7-15,21H,5-6H2,1-4H3,(H,24,29)/t21-/m1/s1. The number of thiocarbonyl (C=S) groups is 1. The molecule has 0 unspecified atom stereocenters. The number of ether oxygens (including phenoxy) is 1. The first-order valence-corrected chi connectivity index (χ1v) is 10.2. The number of hydrogen-bond acceptors (Lipinski definition) is 4. The minimum absolute atomic E-state index is 0.360. The Bertz CT molecular complexity index is 905. The highest BCUT2D eigenvalue weighted by atomic mass is 32.1. The molecule has 1 heterocycles. The van der Waals surface area contributed by atoms with E-state index < -0.39 is 0 Å². The molecule has 2 aromatic rings. The van der Waals surface area contributed by atoms with Gasteiger partial charge >= 0.3 is 5.97 Å². The lowest BCUT2D eigenvalue weighted by atomic mass is 9.94. The van der Waals surface area contributed by atoms with E-state index in [1.165, 1.54) is 7.11 Å². The Kier molecular flexibility index (Phi) is 6.54. The lowest BCUT2D eigenvalue weighted by Crippen LogP contribution is -2.48. The van der Waals surface area contributed by atoms with Gasteiger partial charge in [0.2, 0.25) is 0 Å². The number of nitrogens with one attached hydrogen (secondary N) is 1. The van der Waals surface area contributed by atoms with E-state index in [9.17, 15) is 4.79 Å². The summed E-state index contributed by atoms with van der Waals surface area (Å²) in [6, 6.07) is 17.7. The lowest BCUT2D eigenvalue weighted by Gasteiger charge is -2.37. The molecule has 2 aromatic carbocycles. The molecular weight excluding hydrogens is 382 g/mol. The predicted octanol–water partition coefficient (Wildman–Crippen LogP) is 4.42. The lowest BCUT2D eigenvalue weighted by molar-refractivity contribution is -0.136. The number of carbonyl (C=O) groups is 1. The molecule has 6 heteroatoms. The molecule has 3 rings (SSSR count). The maximum atomic E-state index is 12.7. The Labute approximate surface area is 178 Å². The number of rotatable bonds is 6. The van der Waals surface area contributed by atoms with Crippen molar-refractivity contribution in [2.24, 2.45) is 0 Å². The average molecular weight is 410 g/mol. The zero-order valence-corrected chi connectivity index (χ0v) is 18.1. The Balaban J connectivity index is 2.04. The number of benzene rings is 2. The van der Waals surface area contributed by atoms with Gasteiger partial charge in [-0.1, -0.05) is 30.3 Å². The predicted molar refractivity (Wildman–Crippen MR) is 122 cm³/mol. The summed E-state index contributed by atoms with van der Waals surface area (Å²) < 4.78 is 5.11. The summed E-state index contributed by atoms with van der Waals surface area (Å²) in [4.78, 5) is 16.9. The van der Waals surface area contributed by atoms with Gasteiger partial charge in [0.1, 0.15) is 0 Å². The van der Waals surface area contributed by atoms with Gasteiger partial charge in [-0.15, -0.1) is 0 Å². The van der Waals surface area contributed by atoms with Crippen molar-refractivity contribution in [3.05, 3.63) is 71.4 Å². The molecule has 0 spiro atoms. The first-order valence-electron chi connectivity index (χ1n) is 9.81. The van der Waals surface area contributed by atoms with Crippen molar-refractivity contribution in [1.29, 1.82) is 0 Å². The van der Waals surface area contributed by atoms with Crippen molar-refractivity contribution >= 4 is 34.7 Å². The van der Waals surface area contributed by atoms with Crippen LogP contribution >= 0.6 is 12.2 Å². The van der Waals surface area contributed by atoms with Gasteiger partial charge in [0, 0.05) is 30.2 Å². The van der Waals surface area contributed by atoms with E-state index in [1.807, 2.05) is 54.3 Å². The number of allylic oxidation sites excluding steroid dienone is 1. The number of para-hydroxylation sites is 1. The van der Waals surface area contributed by atoms with Gasteiger partial charge in [0.25, 0.3) is 0 Å². The van der Waals surface area contributed by atoms with E-state index in [1.54, 1.807) is 0 Å². The third-order valence-electron chi connectivity index (χ3n) is 5.26. The summed E-state index contributed by atoms with van der Waals surface area (Å²) in [6.45, 7) is 8.07. The van der Waals surface area contributed by atoms with Crippen LogP contribution in [0.15, 0.2) is 65.9 Å². The molecule has 1 aliphatic rings. The zero-order valence-electron chi connectivity index (χ0n) is 17.3. The number of methoxy groups -OCH3 is 1. The third kappa shape index (κ3) is 4.12. The van der Waals surface area contributed by atoms with Gasteiger partial charge in [-0.3, -0.25) is 4.90 Å². The Morgan fingerprint density at radius 1 is 1.10 bits per heavy atom. The van der Waals surface area contributed by atoms with Crippen molar-refractivity contribution in [2.75, 3.05) is 30.0 Å². The Morgan fingerprint density at radius 2 is 1.72 bits per heavy atom. The highest BCUT2D eigenvalue weighted by molar-refractivity contribution is 7.80. The smallest absolute Gasteiger partial charge is 0.337 e. The van der Waals surface area contributed by atoms with E-state index in [2.05, 4.69) is 36.2 Å². The van der Waals surface area contributed by atoms with E-state index in [4.69, 9.17) is 17.0 Å². The van der Waals surface area contributed by atoms with E-state index in [0.717, 1.165) is 35.7 Å². The highest BCUT2D eigenvalue weighted by Gasteiger charge is 2.35. The molecule has 0 amide bonds. The molecule has 0 bridgehead atoms. The molecule has 0 aliphatic carbocycles. The quantitative estimate of drug-likeness (QED) is 0.563. The normalized spacial score (nSPS) is 16.5. The number of esters is 1. The van der Waals surface area contributed by atoms with Crippen LogP contribution in [0.2, 0.25) is 0 Å². The van der Waals surface area contributed by atoms with Crippen LogP contribution in [0.1, 0.15) is 32.4 Å². The summed E-state index contributed by atoms with van der Waals surface area (Å²) in [5.74, 6) is -0.365. The van der Waals surface area contributed by atoms with Gasteiger partial charge in [0.05, 0.1) is 18.7 Å². The van der Waals surface area contributed by atoms with Gasteiger partial charge in [-0.25, -0.2) is 4.79 Å². The number of carbonyl (C=O) groups excluding carboxylic acids is 1. The minimum atomic E-state index is -0.365. The van der Waals surface area contributed by atoms with Crippen LogP contribution in [0.25, 0.3) is 0 Å². The monoisotopic (exact) mass is 409 g/mol. The second-order valence-corrected chi connectivity index (χ2v) is 7.19. The largest absolute Gasteiger partial charge is 0.466 e. The molecule has 152 valence electrons. The van der Waals surface area contributed by atoms with Gasteiger partial charge < -0.3 is 15.0 Å². The van der Waals surface area contributed by atoms with Crippen molar-refractivity contribution in [1.82, 2.24) is 5.32 Å². The molecule has 0 saturated carbocycles. The summed E-state index contributed by atoms with van der Waals surface area (Å²) in [5, 5.41) is 3.89. The van der Waals surface area contributed by atoms with Crippen LogP contribution in [0.4, 0.5) is 11.4 Å². The fourth-order valence-electron chi connectivity index (χ4n) is 3.72. The molecule has 1 N–H and O–H groups in total. The topological polar surface area (TPSA) is 44.8 Å². The second-order valence-electron chi connectivity index (χ2n) is 6.81. The van der Waals surface area contributed by atoms with Crippen molar-refractivity contribution < 1.29 is 9.53 Å². The fourth-order valence-corrected chi connectivity index (χ4v) is 4.08. The number of anilines is 2. The maximum absolute atomic E-state index is 12.7. The highest BCUT2D eigenvalue weighted by Crippen LogP contribution is 2.34. The van der Waals surface area contributed by atoms with Crippen LogP contribution in [-0.2, 0) is 9.53 Å². The van der Waals surface area contributed by atoms with Crippen LogP contribution in [0.5, 0.6) is 0 Å². The summed E-state index contributed by atoms with van der Waals surface area (Å²) in [7, 11) is 1.41. The van der Waals surface area contributed by atoms with Gasteiger partial charge in [-0.2, -0.15) is 0 Å². The third-order valence-corrected chi connectivity index (χ3v) is 5.56. The van der Waals surface area contributed by atoms with Gasteiger partial charge in [-0.05, 0) is 62.8 Å². The molecule has 1 atom stereocenters. The molecule has 0 aromatic heterocycles. The Hall–Kier alpha value is -2.86. The SMILES string of the molecule is CCN(CC)c1ccc([C@H]2NC(=S)N(c3ccccc3)C(C)=C2C(=O)OC)cc1.